The van der Waals surface area contributed by atoms with Crippen molar-refractivity contribution in [1.82, 2.24) is 0 Å². The molecule has 0 unspecified atom stereocenters. The van der Waals surface area contributed by atoms with Crippen LogP contribution in [0.15, 0.2) is 12.2 Å². The van der Waals surface area contributed by atoms with Crippen LogP contribution in [0.1, 0.15) is 117 Å². The van der Waals surface area contributed by atoms with Crippen LogP contribution in [0.4, 0.5) is 0 Å². The van der Waals surface area contributed by atoms with Crippen LogP contribution in [-0.4, -0.2) is 32.6 Å². The molecule has 0 atom stereocenters. The second kappa shape index (κ2) is 27.9. The maximum Gasteiger partial charge on any atom is 0.332 e. The largest absolute Gasteiger partial charge is 0.466 e. The number of ether oxygens (including phenoxy) is 1. The standard InChI is InChI=1S/C20H43P.C5H8O2.ClH/c1-4-5-6-7-8-9-10-11-12-13-14-15-16-17-18-19-20-21(2)3;1-4(2)5(6)7-3;/h4-20H2,1-3H3;1H2,2-3H3;1H. The second-order valence-corrected chi connectivity index (χ2v) is 11.0. The molecule has 0 N–H and O–H groups in total. The maximum atomic E-state index is 10.2. The van der Waals surface area contributed by atoms with Crippen LogP contribution in [0, 0.1) is 0 Å². The highest BCUT2D eigenvalue weighted by Gasteiger charge is 1.96. The lowest BCUT2D eigenvalue weighted by atomic mass is 10.0. The van der Waals surface area contributed by atoms with Crippen LogP contribution >= 0.6 is 20.3 Å². The van der Waals surface area contributed by atoms with Gasteiger partial charge in [0.15, 0.2) is 0 Å². The van der Waals surface area contributed by atoms with Gasteiger partial charge in [-0.25, -0.2) is 4.79 Å². The third kappa shape index (κ3) is 32.8. The van der Waals surface area contributed by atoms with Crippen molar-refractivity contribution >= 4 is 26.3 Å². The summed E-state index contributed by atoms with van der Waals surface area (Å²) in [6, 6.07) is 0. The van der Waals surface area contributed by atoms with E-state index in [1.807, 2.05) is 0 Å². The Balaban J connectivity index is -0.000000721. The molecule has 2 nitrogen and oxygen atoms in total. The molecule has 0 rings (SSSR count). The van der Waals surface area contributed by atoms with E-state index >= 15 is 0 Å². The number of methoxy groups -OCH3 is 1. The van der Waals surface area contributed by atoms with Gasteiger partial charge >= 0.3 is 5.97 Å². The van der Waals surface area contributed by atoms with E-state index in [-0.39, 0.29) is 18.4 Å². The van der Waals surface area contributed by atoms with Gasteiger partial charge in [0.05, 0.1) is 7.11 Å². The number of rotatable bonds is 18. The van der Waals surface area contributed by atoms with Gasteiger partial charge in [-0.05, 0) is 32.8 Å². The van der Waals surface area contributed by atoms with Crippen LogP contribution in [0.3, 0.4) is 0 Å². The first kappa shape index (κ1) is 33.6. The fraction of sp³-hybridized carbons (Fsp3) is 0.880. The second-order valence-electron chi connectivity index (χ2n) is 8.38. The minimum absolute atomic E-state index is 0. The lowest BCUT2D eigenvalue weighted by Crippen LogP contribution is -1.98. The molecule has 0 amide bonds. The molecular weight excluding hydrogens is 399 g/mol. The molecular formula is C25H52ClO2P. The number of hydrogen-bond donors (Lipinski definition) is 0. The van der Waals surface area contributed by atoms with Gasteiger partial charge in [-0.3, -0.25) is 0 Å². The van der Waals surface area contributed by atoms with E-state index in [0.717, 1.165) is 0 Å². The number of halogens is 1. The van der Waals surface area contributed by atoms with E-state index < -0.39 is 0 Å². The van der Waals surface area contributed by atoms with Crippen LogP contribution in [-0.2, 0) is 9.53 Å². The van der Waals surface area contributed by atoms with E-state index in [1.165, 1.54) is 116 Å². The number of esters is 1. The minimum atomic E-state index is -0.347. The SMILES string of the molecule is C=C(C)C(=O)OC.CCCCCCCCCCCCCCCCCCP(C)C.Cl. The molecule has 0 aliphatic rings. The fourth-order valence-corrected chi connectivity index (χ4v) is 4.01. The summed E-state index contributed by atoms with van der Waals surface area (Å²) in [5.41, 5.74) is 0.433. The molecule has 0 spiro atoms. The predicted molar refractivity (Wildman–Crippen MR) is 137 cm³/mol. The summed E-state index contributed by atoms with van der Waals surface area (Å²) < 4.78 is 4.27. The fourth-order valence-electron chi connectivity index (χ4n) is 3.15. The van der Waals surface area contributed by atoms with Crippen LogP contribution in [0.2, 0.25) is 0 Å². The first-order valence-electron chi connectivity index (χ1n) is 11.8. The van der Waals surface area contributed by atoms with E-state index in [0.29, 0.717) is 13.5 Å². The van der Waals surface area contributed by atoms with Crippen LogP contribution in [0.5, 0.6) is 0 Å². The molecule has 0 aliphatic heterocycles. The molecule has 0 bridgehead atoms. The van der Waals surface area contributed by atoms with Crippen molar-refractivity contribution in [3.8, 4) is 0 Å². The molecule has 176 valence electrons. The molecule has 0 saturated heterocycles. The highest BCUT2D eigenvalue weighted by molar-refractivity contribution is 7.55. The van der Waals surface area contributed by atoms with Crippen molar-refractivity contribution in [2.24, 2.45) is 0 Å². The third-order valence-corrected chi connectivity index (χ3v) is 6.20. The van der Waals surface area contributed by atoms with Crippen molar-refractivity contribution in [3.05, 3.63) is 12.2 Å². The zero-order valence-corrected chi connectivity index (χ0v) is 22.1. The maximum absolute atomic E-state index is 10.2. The summed E-state index contributed by atoms with van der Waals surface area (Å²) in [7, 11) is 1.69. The minimum Gasteiger partial charge on any atom is -0.466 e. The Morgan fingerprint density at radius 2 is 1.03 bits per heavy atom. The topological polar surface area (TPSA) is 26.3 Å². The van der Waals surface area contributed by atoms with Crippen molar-refractivity contribution in [2.45, 2.75) is 117 Å². The van der Waals surface area contributed by atoms with E-state index in [1.54, 1.807) is 6.92 Å². The average Bonchev–Trinajstić information content (AvgIpc) is 2.67. The Morgan fingerprint density at radius 1 is 0.724 bits per heavy atom. The van der Waals surface area contributed by atoms with E-state index in [9.17, 15) is 4.79 Å². The molecule has 0 aromatic heterocycles. The summed E-state index contributed by atoms with van der Waals surface area (Å²) in [6.45, 7) is 12.1. The normalized spacial score (nSPS) is 10.1. The van der Waals surface area contributed by atoms with Gasteiger partial charge in [0, 0.05) is 5.57 Å². The monoisotopic (exact) mass is 450 g/mol. The van der Waals surface area contributed by atoms with Crippen molar-refractivity contribution in [3.63, 3.8) is 0 Å². The Bertz CT molecular complexity index is 346. The zero-order chi connectivity index (χ0) is 21.5. The molecule has 0 radical (unpaired) electrons. The number of carbonyl (C=O) groups is 1. The molecule has 0 aliphatic carbocycles. The van der Waals surface area contributed by atoms with Gasteiger partial charge < -0.3 is 4.74 Å². The Hall–Kier alpha value is -0.0700. The van der Waals surface area contributed by atoms with E-state index in [2.05, 4.69) is 31.6 Å². The Labute approximate surface area is 191 Å². The van der Waals surface area contributed by atoms with Crippen molar-refractivity contribution < 1.29 is 9.53 Å². The number of unbranched alkanes of at least 4 members (excludes halogenated alkanes) is 15. The molecule has 29 heavy (non-hydrogen) atoms. The number of hydrogen-bond acceptors (Lipinski definition) is 2. The first-order valence-corrected chi connectivity index (χ1v) is 14.3. The van der Waals surface area contributed by atoms with E-state index in [4.69, 9.17) is 0 Å². The molecule has 0 aromatic carbocycles. The zero-order valence-electron chi connectivity index (χ0n) is 20.4. The Kier molecular flexibility index (Phi) is 32.3. The third-order valence-electron chi connectivity index (χ3n) is 4.99. The first-order chi connectivity index (χ1) is 13.5. The lowest BCUT2D eigenvalue weighted by molar-refractivity contribution is -0.136. The quantitative estimate of drug-likeness (QED) is 0.0899. The number of carbonyl (C=O) groups excluding carboxylic acids is 1. The molecule has 4 heteroatoms. The van der Waals surface area contributed by atoms with Crippen molar-refractivity contribution in [1.29, 1.82) is 0 Å². The van der Waals surface area contributed by atoms with Gasteiger partial charge in [0.2, 0.25) is 0 Å². The summed E-state index contributed by atoms with van der Waals surface area (Å²) in [5.74, 6) is -0.347. The van der Waals surface area contributed by atoms with Gasteiger partial charge in [-0.2, -0.15) is 0 Å². The highest BCUT2D eigenvalue weighted by Crippen LogP contribution is 2.26. The summed E-state index contributed by atoms with van der Waals surface area (Å²) >= 11 is 0. The Morgan fingerprint density at radius 3 is 1.24 bits per heavy atom. The molecule has 0 saturated carbocycles. The predicted octanol–water partition coefficient (Wildman–Crippen LogP) is 9.15. The highest BCUT2D eigenvalue weighted by atomic mass is 35.5. The molecule has 0 heterocycles. The van der Waals surface area contributed by atoms with Crippen molar-refractivity contribution in [2.75, 3.05) is 26.6 Å². The molecule has 0 aromatic rings. The van der Waals surface area contributed by atoms with Gasteiger partial charge in [-0.1, -0.05) is 110 Å². The molecule has 0 fully saturated rings. The van der Waals surface area contributed by atoms with Gasteiger partial charge in [0.25, 0.3) is 0 Å². The van der Waals surface area contributed by atoms with Crippen LogP contribution in [0.25, 0.3) is 0 Å². The van der Waals surface area contributed by atoms with Crippen LogP contribution < -0.4 is 0 Å². The smallest absolute Gasteiger partial charge is 0.332 e. The average molecular weight is 451 g/mol. The summed E-state index contributed by atoms with van der Waals surface area (Å²) in [4.78, 5) is 10.2. The van der Waals surface area contributed by atoms with Gasteiger partial charge in [0.1, 0.15) is 0 Å². The lowest BCUT2D eigenvalue weighted by Gasteiger charge is -2.05. The summed E-state index contributed by atoms with van der Waals surface area (Å²) in [5, 5.41) is 0. The summed E-state index contributed by atoms with van der Waals surface area (Å²) in [6.07, 6.45) is 25.1. The van der Waals surface area contributed by atoms with Gasteiger partial charge in [-0.15, -0.1) is 20.3 Å².